The van der Waals surface area contributed by atoms with Gasteiger partial charge in [0.15, 0.2) is 6.61 Å². The van der Waals surface area contributed by atoms with Gasteiger partial charge in [0.1, 0.15) is 11.9 Å². The van der Waals surface area contributed by atoms with Crippen molar-refractivity contribution in [1.82, 2.24) is 4.90 Å². The van der Waals surface area contributed by atoms with E-state index in [-0.39, 0.29) is 23.5 Å². The molecule has 1 aliphatic heterocycles. The number of carbonyl (C=O) groups is 4. The average molecular weight is 457 g/mol. The second kappa shape index (κ2) is 9.55. The first kappa shape index (κ1) is 23.5. The number of esters is 1. The maximum absolute atomic E-state index is 13.9. The summed E-state index contributed by atoms with van der Waals surface area (Å²) in [5.74, 6) is -4.22. The summed E-state index contributed by atoms with van der Waals surface area (Å²) >= 11 is 0. The molecule has 0 unspecified atom stereocenters. The Hall–Kier alpha value is -4.15. The normalized spacial score (nSPS) is 13.6. The van der Waals surface area contributed by atoms with Gasteiger partial charge in [-0.15, -0.1) is 0 Å². The van der Waals surface area contributed by atoms with Gasteiger partial charge < -0.3 is 10.1 Å². The van der Waals surface area contributed by atoms with Gasteiger partial charge in [0.25, 0.3) is 23.4 Å². The van der Waals surface area contributed by atoms with Crippen molar-refractivity contribution >= 4 is 35.1 Å². The van der Waals surface area contributed by atoms with Crippen LogP contribution in [0.4, 0.5) is 15.8 Å². The van der Waals surface area contributed by atoms with E-state index in [0.717, 1.165) is 23.1 Å². The number of nitrogens with one attached hydrogen (secondary N) is 1. The number of anilines is 1. The number of hydrogen-bond acceptors (Lipinski definition) is 7. The van der Waals surface area contributed by atoms with Crippen LogP contribution in [0.2, 0.25) is 0 Å². The number of halogens is 1. The number of ether oxygens (including phenoxy) is 1. The molecular formula is C22H20FN3O7. The van der Waals surface area contributed by atoms with Crippen molar-refractivity contribution in [3.8, 4) is 0 Å². The van der Waals surface area contributed by atoms with Gasteiger partial charge in [-0.25, -0.2) is 9.18 Å². The van der Waals surface area contributed by atoms with Gasteiger partial charge in [-0.1, -0.05) is 26.0 Å². The van der Waals surface area contributed by atoms with E-state index >= 15 is 0 Å². The summed E-state index contributed by atoms with van der Waals surface area (Å²) in [6.07, 6.45) is 0.103. The predicted molar refractivity (Wildman–Crippen MR) is 113 cm³/mol. The molecule has 10 nitrogen and oxygen atoms in total. The number of nitro groups is 1. The van der Waals surface area contributed by atoms with E-state index in [1.54, 1.807) is 26.0 Å². The fourth-order valence-corrected chi connectivity index (χ4v) is 3.39. The lowest BCUT2D eigenvalue weighted by Gasteiger charge is -2.25. The van der Waals surface area contributed by atoms with Crippen molar-refractivity contribution in [2.24, 2.45) is 5.92 Å². The molecule has 0 spiro atoms. The Morgan fingerprint density at radius 1 is 1.12 bits per heavy atom. The molecule has 0 aromatic heterocycles. The van der Waals surface area contributed by atoms with Gasteiger partial charge in [-0.2, -0.15) is 0 Å². The summed E-state index contributed by atoms with van der Waals surface area (Å²) in [5.41, 5.74) is -0.554. The number of carbonyl (C=O) groups excluding carboxylic acids is 4. The number of non-ortho nitro benzene ring substituents is 1. The Balaban J connectivity index is 1.71. The van der Waals surface area contributed by atoms with Crippen LogP contribution in [0.1, 0.15) is 41.0 Å². The zero-order valence-electron chi connectivity index (χ0n) is 17.7. The highest BCUT2D eigenvalue weighted by Gasteiger charge is 2.43. The van der Waals surface area contributed by atoms with Gasteiger partial charge in [0.2, 0.25) is 0 Å². The predicted octanol–water partition coefficient (Wildman–Crippen LogP) is 2.93. The third kappa shape index (κ3) is 5.03. The van der Waals surface area contributed by atoms with E-state index < -0.39 is 58.5 Å². The first-order chi connectivity index (χ1) is 15.6. The summed E-state index contributed by atoms with van der Waals surface area (Å²) in [4.78, 5) is 61.3. The molecule has 0 saturated heterocycles. The molecule has 2 aromatic rings. The lowest BCUT2D eigenvalue weighted by molar-refractivity contribution is -0.384. The number of amides is 3. The van der Waals surface area contributed by atoms with E-state index in [9.17, 15) is 33.7 Å². The van der Waals surface area contributed by atoms with E-state index in [0.29, 0.717) is 0 Å². The molecule has 172 valence electrons. The van der Waals surface area contributed by atoms with E-state index in [2.05, 4.69) is 5.32 Å². The lowest BCUT2D eigenvalue weighted by atomic mass is 10.0. The molecule has 0 aliphatic carbocycles. The molecule has 1 aliphatic rings. The number of benzene rings is 2. The van der Waals surface area contributed by atoms with Crippen molar-refractivity contribution < 1.29 is 33.2 Å². The van der Waals surface area contributed by atoms with Crippen LogP contribution in [0, 0.1) is 21.8 Å². The summed E-state index contributed by atoms with van der Waals surface area (Å²) in [5, 5.41) is 12.9. The van der Waals surface area contributed by atoms with E-state index in [1.807, 2.05) is 0 Å². The highest BCUT2D eigenvalue weighted by atomic mass is 19.1. The number of nitro benzene ring substituents is 1. The Morgan fingerprint density at radius 2 is 1.73 bits per heavy atom. The van der Waals surface area contributed by atoms with Crippen LogP contribution in [0.3, 0.4) is 0 Å². The smallest absolute Gasteiger partial charge is 0.329 e. The van der Waals surface area contributed by atoms with Crippen LogP contribution in [0.5, 0.6) is 0 Å². The summed E-state index contributed by atoms with van der Waals surface area (Å²) in [7, 11) is 0. The van der Waals surface area contributed by atoms with Crippen molar-refractivity contribution in [2.45, 2.75) is 26.3 Å². The minimum Gasteiger partial charge on any atom is -0.454 e. The molecule has 33 heavy (non-hydrogen) atoms. The maximum Gasteiger partial charge on any atom is 0.329 e. The second-order valence-corrected chi connectivity index (χ2v) is 7.75. The molecule has 2 aromatic carbocycles. The monoisotopic (exact) mass is 457 g/mol. The van der Waals surface area contributed by atoms with Crippen molar-refractivity contribution in [1.29, 1.82) is 0 Å². The number of imide groups is 1. The van der Waals surface area contributed by atoms with Crippen molar-refractivity contribution in [2.75, 3.05) is 11.9 Å². The zero-order chi connectivity index (χ0) is 24.3. The van der Waals surface area contributed by atoms with Gasteiger partial charge >= 0.3 is 5.97 Å². The zero-order valence-corrected chi connectivity index (χ0v) is 17.7. The van der Waals surface area contributed by atoms with Gasteiger partial charge in [-0.3, -0.25) is 29.4 Å². The van der Waals surface area contributed by atoms with Crippen LogP contribution in [0.25, 0.3) is 0 Å². The second-order valence-electron chi connectivity index (χ2n) is 7.75. The van der Waals surface area contributed by atoms with Crippen LogP contribution < -0.4 is 5.32 Å². The van der Waals surface area contributed by atoms with Crippen molar-refractivity contribution in [3.05, 3.63) is 69.5 Å². The molecule has 3 amide bonds. The third-order valence-electron chi connectivity index (χ3n) is 4.88. The number of hydrogen-bond donors (Lipinski definition) is 1. The van der Waals surface area contributed by atoms with E-state index in [1.165, 1.54) is 12.1 Å². The Bertz CT molecular complexity index is 1110. The molecule has 1 heterocycles. The molecule has 0 saturated carbocycles. The molecule has 0 radical (unpaired) electrons. The molecule has 1 N–H and O–H groups in total. The Kier molecular flexibility index (Phi) is 6.80. The quantitative estimate of drug-likeness (QED) is 0.279. The van der Waals surface area contributed by atoms with Crippen LogP contribution >= 0.6 is 0 Å². The lowest BCUT2D eigenvalue weighted by Crippen LogP contribution is -2.46. The molecule has 1 atom stereocenters. The maximum atomic E-state index is 13.9. The molecule has 0 fully saturated rings. The van der Waals surface area contributed by atoms with Crippen LogP contribution in [-0.2, 0) is 14.3 Å². The molecule has 0 bridgehead atoms. The number of nitrogens with zero attached hydrogens (tertiary/aromatic N) is 2. The van der Waals surface area contributed by atoms with Gasteiger partial charge in [-0.05, 0) is 30.5 Å². The van der Waals surface area contributed by atoms with Gasteiger partial charge in [0.05, 0.1) is 21.7 Å². The van der Waals surface area contributed by atoms with Crippen LogP contribution in [0.15, 0.2) is 42.5 Å². The molecular weight excluding hydrogens is 437 g/mol. The molecule has 11 heteroatoms. The largest absolute Gasteiger partial charge is 0.454 e. The standard InChI is InChI=1S/C22H20FN3O7/c1-12(2)9-18(25-20(28)14-5-3-4-6-15(14)21(25)29)22(30)33-11-19(27)24-17-10-13(26(31)32)7-8-16(17)23/h3-8,10,12,18H,9,11H2,1-2H3,(H,24,27)/t18-/m0/s1. The van der Waals surface area contributed by atoms with E-state index in [4.69, 9.17) is 4.74 Å². The number of fused-ring (bicyclic) bond motifs is 1. The average Bonchev–Trinajstić information content (AvgIpc) is 3.02. The highest BCUT2D eigenvalue weighted by molar-refractivity contribution is 6.22. The minimum absolute atomic E-state index is 0.0975. The van der Waals surface area contributed by atoms with Crippen molar-refractivity contribution in [3.63, 3.8) is 0 Å². The molecule has 3 rings (SSSR count). The first-order valence-electron chi connectivity index (χ1n) is 9.97. The minimum atomic E-state index is -1.26. The summed E-state index contributed by atoms with van der Waals surface area (Å²) in [6.45, 7) is 2.73. The van der Waals surface area contributed by atoms with Gasteiger partial charge in [0, 0.05) is 12.1 Å². The fraction of sp³-hybridized carbons (Fsp3) is 0.273. The Morgan fingerprint density at radius 3 is 2.27 bits per heavy atom. The summed E-state index contributed by atoms with van der Waals surface area (Å²) in [6, 6.07) is 7.48. The Labute approximate surface area is 187 Å². The SMILES string of the molecule is CC(C)C[C@@H](C(=O)OCC(=O)Nc1cc([N+](=O)[O-])ccc1F)N1C(=O)c2ccccc2C1=O. The van der Waals surface area contributed by atoms with Crippen LogP contribution in [-0.4, -0.2) is 46.2 Å². The first-order valence-corrected chi connectivity index (χ1v) is 9.97. The highest BCUT2D eigenvalue weighted by Crippen LogP contribution is 2.27. The topological polar surface area (TPSA) is 136 Å². The number of rotatable bonds is 8. The summed E-state index contributed by atoms with van der Waals surface area (Å²) < 4.78 is 18.9. The third-order valence-corrected chi connectivity index (χ3v) is 4.88. The fourth-order valence-electron chi connectivity index (χ4n) is 3.39.